The number of hydrogen-bond donors (Lipinski definition) is 0. The van der Waals surface area contributed by atoms with Crippen LogP contribution in [0, 0.1) is 0 Å². The van der Waals surface area contributed by atoms with Gasteiger partial charge in [0, 0.05) is 0 Å². The first kappa shape index (κ1) is 16.3. The molecular formula is C16H16Cl2O2S. The van der Waals surface area contributed by atoms with Gasteiger partial charge >= 0.3 is 0 Å². The van der Waals surface area contributed by atoms with Gasteiger partial charge in [0.05, 0.1) is 14.2 Å². The van der Waals surface area contributed by atoms with E-state index in [2.05, 4.69) is 0 Å². The molecule has 0 radical (unpaired) electrons. The molecule has 2 rings (SSSR count). The van der Waals surface area contributed by atoms with Gasteiger partial charge in [-0.2, -0.15) is 0 Å². The number of ether oxygens (including phenoxy) is 2. The molecule has 0 aliphatic carbocycles. The van der Waals surface area contributed by atoms with Crippen LogP contribution in [-0.4, -0.2) is 14.2 Å². The topological polar surface area (TPSA) is 18.5 Å². The van der Waals surface area contributed by atoms with Crippen LogP contribution in [0.15, 0.2) is 48.5 Å². The van der Waals surface area contributed by atoms with Crippen LogP contribution in [0.5, 0.6) is 11.5 Å². The molecule has 2 atom stereocenters. The van der Waals surface area contributed by atoms with Crippen molar-refractivity contribution in [1.82, 2.24) is 0 Å². The van der Waals surface area contributed by atoms with Crippen LogP contribution >= 0.6 is 35.0 Å². The summed E-state index contributed by atoms with van der Waals surface area (Å²) in [6, 6.07) is 15.3. The van der Waals surface area contributed by atoms with E-state index < -0.39 is 0 Å². The van der Waals surface area contributed by atoms with Gasteiger partial charge < -0.3 is 9.47 Å². The molecule has 21 heavy (non-hydrogen) atoms. The molecule has 0 spiro atoms. The average molecular weight is 343 g/mol. The van der Waals surface area contributed by atoms with E-state index in [0.29, 0.717) is 0 Å². The Morgan fingerprint density at radius 1 is 0.714 bits per heavy atom. The smallest absolute Gasteiger partial charge is 0.118 e. The van der Waals surface area contributed by atoms with Gasteiger partial charge in [-0.05, 0) is 35.4 Å². The molecule has 2 aromatic rings. The van der Waals surface area contributed by atoms with E-state index in [1.165, 1.54) is 11.8 Å². The molecule has 0 saturated carbocycles. The summed E-state index contributed by atoms with van der Waals surface area (Å²) in [5, 5.41) is 0. The Hall–Kier alpha value is -1.03. The molecule has 2 aromatic carbocycles. The zero-order valence-electron chi connectivity index (χ0n) is 11.8. The third-order valence-corrected chi connectivity index (χ3v) is 5.14. The third-order valence-electron chi connectivity index (χ3n) is 2.99. The van der Waals surface area contributed by atoms with Crippen LogP contribution in [0.4, 0.5) is 0 Å². The van der Waals surface area contributed by atoms with Crippen LogP contribution in [0.3, 0.4) is 0 Å². The Labute approximate surface area is 139 Å². The van der Waals surface area contributed by atoms with Crippen LogP contribution < -0.4 is 9.47 Å². The van der Waals surface area contributed by atoms with Crippen LogP contribution in [0.2, 0.25) is 0 Å². The summed E-state index contributed by atoms with van der Waals surface area (Å²) < 4.78 is 9.82. The molecule has 2 unspecified atom stereocenters. The monoisotopic (exact) mass is 342 g/mol. The zero-order chi connectivity index (χ0) is 15.2. The second kappa shape index (κ2) is 7.83. The minimum atomic E-state index is -0.222. The van der Waals surface area contributed by atoms with Gasteiger partial charge in [-0.25, -0.2) is 0 Å². The molecule has 0 fully saturated rings. The normalized spacial score (nSPS) is 13.5. The first-order valence-corrected chi connectivity index (χ1v) is 8.17. The highest BCUT2D eigenvalue weighted by atomic mass is 35.5. The molecule has 0 aliphatic heterocycles. The molecule has 0 aromatic heterocycles. The number of alkyl halides is 2. The fraction of sp³-hybridized carbons (Fsp3) is 0.250. The Bertz CT molecular complexity index is 506. The summed E-state index contributed by atoms with van der Waals surface area (Å²) in [6.07, 6.45) is 0. The van der Waals surface area contributed by atoms with Crippen LogP contribution in [-0.2, 0) is 0 Å². The lowest BCUT2D eigenvalue weighted by atomic mass is 10.2. The van der Waals surface area contributed by atoms with Crippen LogP contribution in [0.1, 0.15) is 20.5 Å². The molecule has 0 amide bonds. The molecule has 0 N–H and O–H groups in total. The summed E-state index contributed by atoms with van der Waals surface area (Å²) in [5.41, 5.74) is 2.00. The molecule has 0 saturated heterocycles. The van der Waals surface area contributed by atoms with E-state index in [4.69, 9.17) is 32.7 Å². The standard InChI is InChI=1S/C16H16Cl2O2S/c1-19-13-7-3-11(4-8-13)15(17)21-16(18)12-5-9-14(20-2)10-6-12/h3-10,15-16H,1-2H3. The second-order valence-electron chi connectivity index (χ2n) is 4.31. The SMILES string of the molecule is COc1ccc(C(Cl)SC(Cl)c2ccc(OC)cc2)cc1. The zero-order valence-corrected chi connectivity index (χ0v) is 14.1. The van der Waals surface area contributed by atoms with Crippen molar-refractivity contribution in [2.24, 2.45) is 0 Å². The fourth-order valence-electron chi connectivity index (χ4n) is 1.77. The van der Waals surface area contributed by atoms with Crippen molar-refractivity contribution < 1.29 is 9.47 Å². The Balaban J connectivity index is 2.01. The lowest BCUT2D eigenvalue weighted by Gasteiger charge is -2.15. The molecule has 5 heteroatoms. The van der Waals surface area contributed by atoms with Crippen molar-refractivity contribution in [3.63, 3.8) is 0 Å². The highest BCUT2D eigenvalue weighted by Crippen LogP contribution is 2.45. The molecule has 2 nitrogen and oxygen atoms in total. The van der Waals surface area contributed by atoms with Crippen molar-refractivity contribution in [3.8, 4) is 11.5 Å². The summed E-state index contributed by atoms with van der Waals surface area (Å²) in [4.78, 5) is 0. The summed E-state index contributed by atoms with van der Waals surface area (Å²) >= 11 is 14.3. The molecular weight excluding hydrogens is 327 g/mol. The van der Waals surface area contributed by atoms with E-state index >= 15 is 0 Å². The van der Waals surface area contributed by atoms with E-state index in [1.807, 2.05) is 48.5 Å². The number of methoxy groups -OCH3 is 2. The van der Waals surface area contributed by atoms with Gasteiger partial charge in [0.1, 0.15) is 20.9 Å². The third kappa shape index (κ3) is 4.47. The Kier molecular flexibility index (Phi) is 6.09. The van der Waals surface area contributed by atoms with Gasteiger partial charge in [-0.15, -0.1) is 35.0 Å². The van der Waals surface area contributed by atoms with Crippen molar-refractivity contribution in [3.05, 3.63) is 59.7 Å². The minimum absolute atomic E-state index is 0.222. The quantitative estimate of drug-likeness (QED) is 0.635. The molecule has 0 bridgehead atoms. The van der Waals surface area contributed by atoms with Gasteiger partial charge in [0.15, 0.2) is 0 Å². The number of rotatable bonds is 6. The van der Waals surface area contributed by atoms with Crippen molar-refractivity contribution in [1.29, 1.82) is 0 Å². The maximum atomic E-state index is 6.42. The fourth-order valence-corrected chi connectivity index (χ4v) is 3.68. The first-order valence-electron chi connectivity index (χ1n) is 6.35. The summed E-state index contributed by atoms with van der Waals surface area (Å²) in [5.74, 6) is 1.62. The molecule has 0 heterocycles. The van der Waals surface area contributed by atoms with Gasteiger partial charge in [0.2, 0.25) is 0 Å². The lowest BCUT2D eigenvalue weighted by molar-refractivity contribution is 0.414. The van der Waals surface area contributed by atoms with E-state index in [9.17, 15) is 0 Å². The molecule has 0 aliphatic rings. The summed E-state index contributed by atoms with van der Waals surface area (Å²) in [7, 11) is 3.28. The van der Waals surface area contributed by atoms with E-state index in [-0.39, 0.29) is 9.42 Å². The van der Waals surface area contributed by atoms with Crippen molar-refractivity contribution in [2.45, 2.75) is 9.42 Å². The second-order valence-corrected chi connectivity index (χ2v) is 6.92. The van der Waals surface area contributed by atoms with Crippen molar-refractivity contribution >= 4 is 35.0 Å². The van der Waals surface area contributed by atoms with Gasteiger partial charge in [0.25, 0.3) is 0 Å². The Morgan fingerprint density at radius 3 is 1.33 bits per heavy atom. The van der Waals surface area contributed by atoms with Crippen LogP contribution in [0.25, 0.3) is 0 Å². The van der Waals surface area contributed by atoms with Gasteiger partial charge in [-0.3, -0.25) is 0 Å². The predicted octanol–water partition coefficient (Wildman–Crippen LogP) is 5.61. The maximum Gasteiger partial charge on any atom is 0.118 e. The highest BCUT2D eigenvalue weighted by molar-refractivity contribution is 8.01. The average Bonchev–Trinajstić information content (AvgIpc) is 2.55. The summed E-state index contributed by atoms with van der Waals surface area (Å²) in [6.45, 7) is 0. The van der Waals surface area contributed by atoms with E-state index in [0.717, 1.165) is 22.6 Å². The predicted molar refractivity (Wildman–Crippen MR) is 90.8 cm³/mol. The maximum absolute atomic E-state index is 6.42. The van der Waals surface area contributed by atoms with Gasteiger partial charge in [-0.1, -0.05) is 24.3 Å². The minimum Gasteiger partial charge on any atom is -0.497 e. The van der Waals surface area contributed by atoms with Crippen molar-refractivity contribution in [2.75, 3.05) is 14.2 Å². The number of halogens is 2. The lowest BCUT2D eigenvalue weighted by Crippen LogP contribution is -1.92. The number of benzene rings is 2. The van der Waals surface area contributed by atoms with E-state index in [1.54, 1.807) is 14.2 Å². The number of thioether (sulfide) groups is 1. The highest BCUT2D eigenvalue weighted by Gasteiger charge is 2.16. The Morgan fingerprint density at radius 2 is 1.05 bits per heavy atom. The first-order chi connectivity index (χ1) is 10.1. The largest absolute Gasteiger partial charge is 0.497 e. The molecule has 112 valence electrons. The number of hydrogen-bond acceptors (Lipinski definition) is 3.